The lowest BCUT2D eigenvalue weighted by molar-refractivity contribution is 0.0498. The summed E-state index contributed by atoms with van der Waals surface area (Å²) in [5.74, 6) is 0.490. The number of carbonyl (C=O) groups excluding carboxylic acids is 1. The molecule has 0 bridgehead atoms. The summed E-state index contributed by atoms with van der Waals surface area (Å²) in [4.78, 5) is 15.1. The van der Waals surface area contributed by atoms with Gasteiger partial charge in [0.15, 0.2) is 0 Å². The number of hydrogen-bond donors (Lipinski definition) is 1. The molecule has 0 aliphatic carbocycles. The number of nitrogens with zero attached hydrogens (tertiary/aromatic N) is 2. The summed E-state index contributed by atoms with van der Waals surface area (Å²) in [6, 6.07) is 8.18. The van der Waals surface area contributed by atoms with E-state index in [-0.39, 0.29) is 11.9 Å². The van der Waals surface area contributed by atoms with Crippen molar-refractivity contribution < 1.29 is 9.53 Å². The Bertz CT molecular complexity index is 702. The van der Waals surface area contributed by atoms with Gasteiger partial charge in [-0.15, -0.1) is 0 Å². The summed E-state index contributed by atoms with van der Waals surface area (Å²) in [5.41, 5.74) is 1.78. The maximum atomic E-state index is 12.6. The molecule has 134 valence electrons. The van der Waals surface area contributed by atoms with Crippen molar-refractivity contribution in [3.8, 4) is 0 Å². The summed E-state index contributed by atoms with van der Waals surface area (Å²) in [5, 5.41) is 3.25. The van der Waals surface area contributed by atoms with Crippen LogP contribution >= 0.6 is 0 Å². The normalized spacial score (nSPS) is 27.6. The van der Waals surface area contributed by atoms with Crippen molar-refractivity contribution in [3.63, 3.8) is 0 Å². The minimum Gasteiger partial charge on any atom is -0.377 e. The number of aromatic nitrogens is 1. The standard InChI is InChI=1S/C20H27N3O2/c1-15-12-22(14-18-6-4-10-25-18)9-7-19(15)21-20(24)16-11-17-5-2-3-8-23(17)13-16/h2-3,5,8,11,13,15,18-19H,4,6-7,9-10,12,14H2,1H3,(H,21,24)/t15-,18+,19-/m1/s1. The van der Waals surface area contributed by atoms with E-state index in [9.17, 15) is 4.79 Å². The Labute approximate surface area is 149 Å². The van der Waals surface area contributed by atoms with Gasteiger partial charge in [0.2, 0.25) is 0 Å². The van der Waals surface area contributed by atoms with E-state index in [0.717, 1.165) is 43.7 Å². The fourth-order valence-electron chi connectivity index (χ4n) is 4.12. The van der Waals surface area contributed by atoms with Gasteiger partial charge >= 0.3 is 0 Å². The molecule has 1 amide bonds. The average molecular weight is 341 g/mol. The van der Waals surface area contributed by atoms with Crippen molar-refractivity contribution >= 4 is 11.4 Å². The van der Waals surface area contributed by atoms with Gasteiger partial charge < -0.3 is 19.4 Å². The summed E-state index contributed by atoms with van der Waals surface area (Å²) in [6.45, 7) is 6.26. The number of carbonyl (C=O) groups is 1. The van der Waals surface area contributed by atoms with Gasteiger partial charge in [0, 0.05) is 50.2 Å². The van der Waals surface area contributed by atoms with Crippen LogP contribution in [0.3, 0.4) is 0 Å². The molecule has 0 spiro atoms. The lowest BCUT2D eigenvalue weighted by Crippen LogP contribution is -2.51. The van der Waals surface area contributed by atoms with Crippen LogP contribution in [0.15, 0.2) is 36.7 Å². The highest BCUT2D eigenvalue weighted by atomic mass is 16.5. The smallest absolute Gasteiger partial charge is 0.253 e. The van der Waals surface area contributed by atoms with Crippen molar-refractivity contribution in [2.24, 2.45) is 5.92 Å². The van der Waals surface area contributed by atoms with Gasteiger partial charge in [0.25, 0.3) is 5.91 Å². The molecule has 25 heavy (non-hydrogen) atoms. The van der Waals surface area contributed by atoms with Crippen LogP contribution in [-0.2, 0) is 4.74 Å². The first-order chi connectivity index (χ1) is 12.2. The Balaban J connectivity index is 1.34. The highest BCUT2D eigenvalue weighted by Gasteiger charge is 2.29. The fraction of sp³-hybridized carbons (Fsp3) is 0.550. The molecule has 3 atom stereocenters. The van der Waals surface area contributed by atoms with Crippen LogP contribution in [0.5, 0.6) is 0 Å². The van der Waals surface area contributed by atoms with Crippen LogP contribution in [0.2, 0.25) is 0 Å². The second kappa shape index (κ2) is 7.18. The van der Waals surface area contributed by atoms with Crippen LogP contribution in [0.4, 0.5) is 0 Å². The second-order valence-corrected chi connectivity index (χ2v) is 7.50. The molecule has 2 aliphatic rings. The van der Waals surface area contributed by atoms with E-state index < -0.39 is 0 Å². The number of rotatable bonds is 4. The summed E-state index contributed by atoms with van der Waals surface area (Å²) >= 11 is 0. The van der Waals surface area contributed by atoms with Gasteiger partial charge in [0.05, 0.1) is 11.7 Å². The molecule has 2 saturated heterocycles. The third-order valence-corrected chi connectivity index (χ3v) is 5.56. The zero-order valence-corrected chi connectivity index (χ0v) is 14.9. The van der Waals surface area contributed by atoms with E-state index in [1.54, 1.807) is 0 Å². The molecule has 5 nitrogen and oxygen atoms in total. The minimum atomic E-state index is 0.0353. The van der Waals surface area contributed by atoms with Gasteiger partial charge in [0.1, 0.15) is 0 Å². The number of likely N-dealkylation sites (tertiary alicyclic amines) is 1. The lowest BCUT2D eigenvalue weighted by atomic mass is 9.93. The molecule has 5 heteroatoms. The summed E-state index contributed by atoms with van der Waals surface area (Å²) < 4.78 is 7.74. The SMILES string of the molecule is C[C@@H]1CN(C[C@@H]2CCCO2)CC[C@H]1NC(=O)c1cc2ccccn2c1. The Kier molecular flexibility index (Phi) is 4.77. The topological polar surface area (TPSA) is 46.0 Å². The van der Waals surface area contributed by atoms with Crippen LogP contribution in [0.1, 0.15) is 36.5 Å². The number of amides is 1. The van der Waals surface area contributed by atoms with E-state index in [2.05, 4.69) is 17.1 Å². The van der Waals surface area contributed by atoms with Crippen LogP contribution < -0.4 is 5.32 Å². The van der Waals surface area contributed by atoms with Gasteiger partial charge in [-0.3, -0.25) is 4.79 Å². The van der Waals surface area contributed by atoms with Crippen molar-refractivity contribution in [2.75, 3.05) is 26.2 Å². The van der Waals surface area contributed by atoms with Crippen molar-refractivity contribution in [2.45, 2.75) is 38.3 Å². The summed E-state index contributed by atoms with van der Waals surface area (Å²) in [7, 11) is 0. The average Bonchev–Trinajstić information content (AvgIpc) is 3.26. The number of fused-ring (bicyclic) bond motifs is 1. The van der Waals surface area contributed by atoms with Crippen molar-refractivity contribution in [1.82, 2.24) is 14.6 Å². The number of pyridine rings is 1. The molecule has 2 aromatic heterocycles. The molecular weight excluding hydrogens is 314 g/mol. The Morgan fingerprint density at radius 3 is 3.04 bits per heavy atom. The number of hydrogen-bond acceptors (Lipinski definition) is 3. The Morgan fingerprint density at radius 1 is 1.36 bits per heavy atom. The zero-order chi connectivity index (χ0) is 17.2. The quantitative estimate of drug-likeness (QED) is 0.930. The van der Waals surface area contributed by atoms with E-state index >= 15 is 0 Å². The van der Waals surface area contributed by atoms with E-state index in [4.69, 9.17) is 4.74 Å². The predicted molar refractivity (Wildman–Crippen MR) is 97.8 cm³/mol. The number of piperidine rings is 1. The van der Waals surface area contributed by atoms with Crippen LogP contribution in [0, 0.1) is 5.92 Å². The third kappa shape index (κ3) is 3.72. The highest BCUT2D eigenvalue weighted by Crippen LogP contribution is 2.21. The number of nitrogens with one attached hydrogen (secondary N) is 1. The first-order valence-electron chi connectivity index (χ1n) is 9.40. The van der Waals surface area contributed by atoms with E-state index in [1.807, 2.05) is 41.1 Å². The maximum Gasteiger partial charge on any atom is 0.253 e. The fourth-order valence-corrected chi connectivity index (χ4v) is 4.12. The third-order valence-electron chi connectivity index (χ3n) is 5.56. The van der Waals surface area contributed by atoms with Gasteiger partial charge in [-0.05, 0) is 43.4 Å². The summed E-state index contributed by atoms with van der Waals surface area (Å²) in [6.07, 6.45) is 7.67. The van der Waals surface area contributed by atoms with Gasteiger partial charge in [-0.1, -0.05) is 13.0 Å². The molecule has 2 aromatic rings. The first-order valence-corrected chi connectivity index (χ1v) is 9.40. The largest absolute Gasteiger partial charge is 0.377 e. The highest BCUT2D eigenvalue weighted by molar-refractivity contribution is 5.95. The molecule has 4 rings (SSSR count). The van der Waals surface area contributed by atoms with Crippen LogP contribution in [-0.4, -0.2) is 53.6 Å². The molecule has 2 fully saturated rings. The van der Waals surface area contributed by atoms with Gasteiger partial charge in [-0.2, -0.15) is 0 Å². The molecule has 4 heterocycles. The molecule has 2 aliphatic heterocycles. The van der Waals surface area contributed by atoms with Crippen molar-refractivity contribution in [3.05, 3.63) is 42.2 Å². The molecule has 1 N–H and O–H groups in total. The van der Waals surface area contributed by atoms with Crippen molar-refractivity contribution in [1.29, 1.82) is 0 Å². The monoisotopic (exact) mass is 341 g/mol. The first kappa shape index (κ1) is 16.6. The Morgan fingerprint density at radius 2 is 2.28 bits per heavy atom. The van der Waals surface area contributed by atoms with E-state index in [0.29, 0.717) is 12.0 Å². The van der Waals surface area contributed by atoms with Gasteiger partial charge in [-0.25, -0.2) is 0 Å². The molecule has 0 unspecified atom stereocenters. The Hall–Kier alpha value is -1.85. The van der Waals surface area contributed by atoms with Crippen LogP contribution in [0.25, 0.3) is 5.52 Å². The molecule has 0 radical (unpaired) electrons. The lowest BCUT2D eigenvalue weighted by Gasteiger charge is -2.38. The maximum absolute atomic E-state index is 12.6. The zero-order valence-electron chi connectivity index (χ0n) is 14.9. The minimum absolute atomic E-state index is 0.0353. The molecule has 0 aromatic carbocycles. The van der Waals surface area contributed by atoms with E-state index in [1.165, 1.54) is 12.8 Å². The number of ether oxygens (including phenoxy) is 1. The second-order valence-electron chi connectivity index (χ2n) is 7.50. The molecule has 0 saturated carbocycles. The predicted octanol–water partition coefficient (Wildman–Crippen LogP) is 2.56. The molecular formula is C20H27N3O2.